The van der Waals surface area contributed by atoms with Gasteiger partial charge in [0.05, 0.1) is 25.3 Å². The molecule has 2 heterocycles. The van der Waals surface area contributed by atoms with E-state index in [9.17, 15) is 9.18 Å². The van der Waals surface area contributed by atoms with E-state index >= 15 is 0 Å². The molecule has 150 valence electrons. The van der Waals surface area contributed by atoms with E-state index in [4.69, 9.17) is 22.1 Å². The first-order valence-electron chi connectivity index (χ1n) is 10.0. The Morgan fingerprint density at radius 3 is 2.86 bits per heavy atom. The van der Waals surface area contributed by atoms with Crippen molar-refractivity contribution in [1.82, 2.24) is 14.3 Å². The van der Waals surface area contributed by atoms with Crippen molar-refractivity contribution in [2.75, 3.05) is 19.7 Å². The fraction of sp³-hybridized carbons (Fsp3) is 0.550. The highest BCUT2D eigenvalue weighted by molar-refractivity contribution is 7.71. The number of rotatable bonds is 6. The lowest BCUT2D eigenvalue weighted by Crippen LogP contribution is -3.13. The number of halogens is 1. The van der Waals surface area contributed by atoms with Crippen LogP contribution in [-0.4, -0.2) is 40.0 Å². The van der Waals surface area contributed by atoms with Gasteiger partial charge in [-0.05, 0) is 57.0 Å². The summed E-state index contributed by atoms with van der Waals surface area (Å²) >= 11 is 5.70. The van der Waals surface area contributed by atoms with Gasteiger partial charge in [-0.2, -0.15) is 4.68 Å². The Labute approximate surface area is 168 Å². The van der Waals surface area contributed by atoms with Crippen molar-refractivity contribution in [1.29, 1.82) is 0 Å². The number of nitrogens with zero attached hydrogens (tertiary/aromatic N) is 3. The van der Waals surface area contributed by atoms with E-state index in [1.54, 1.807) is 16.8 Å². The second kappa shape index (κ2) is 8.13. The second-order valence-electron chi connectivity index (χ2n) is 7.64. The maximum Gasteiger partial charge on any atom is 0.314 e. The number of carbonyl (C=O) groups excluding carboxylic acids is 1. The highest BCUT2D eigenvalue weighted by Gasteiger charge is 2.33. The number of hydrogen-bond acceptors (Lipinski definition) is 4. The predicted octanol–water partition coefficient (Wildman–Crippen LogP) is 2.37. The van der Waals surface area contributed by atoms with E-state index in [2.05, 4.69) is 0 Å². The number of ether oxygens (including phenoxy) is 1. The third-order valence-electron chi connectivity index (χ3n) is 5.51. The standard InChI is InChI=1S/C20H25FN4O2S/c1-2-27-19(26)14-6-5-11-23(12-14)13-24-20(28)25(15-9-10-15)18(22-24)16-7-3-4-8-17(16)21/h3-4,7-8,14-15H,2,5-6,9-13H2,1H3/p+1/t14-/m1/s1. The average molecular weight is 406 g/mol. The summed E-state index contributed by atoms with van der Waals surface area (Å²) in [6, 6.07) is 7.00. The minimum Gasteiger partial charge on any atom is -0.466 e. The van der Waals surface area contributed by atoms with Crippen LogP contribution >= 0.6 is 12.2 Å². The maximum atomic E-state index is 14.4. The Bertz CT molecular complexity index is 921. The van der Waals surface area contributed by atoms with Gasteiger partial charge in [-0.1, -0.05) is 12.1 Å². The number of nitrogens with one attached hydrogen (secondary N) is 1. The highest BCUT2D eigenvalue weighted by Crippen LogP contribution is 2.38. The smallest absolute Gasteiger partial charge is 0.314 e. The van der Waals surface area contributed by atoms with E-state index in [1.165, 1.54) is 11.0 Å². The summed E-state index contributed by atoms with van der Waals surface area (Å²) in [7, 11) is 0. The molecule has 1 unspecified atom stereocenters. The lowest BCUT2D eigenvalue weighted by atomic mass is 9.99. The van der Waals surface area contributed by atoms with Gasteiger partial charge in [0.2, 0.25) is 4.77 Å². The summed E-state index contributed by atoms with van der Waals surface area (Å²) in [5.74, 6) is 0.126. The molecule has 1 N–H and O–H groups in total. The van der Waals surface area contributed by atoms with Crippen LogP contribution in [0.25, 0.3) is 11.4 Å². The number of likely N-dealkylation sites (tertiary alicyclic amines) is 1. The van der Waals surface area contributed by atoms with E-state index in [0.717, 1.165) is 32.2 Å². The third kappa shape index (κ3) is 3.89. The summed E-state index contributed by atoms with van der Waals surface area (Å²) in [5, 5.41) is 4.70. The average Bonchev–Trinajstić information content (AvgIpc) is 3.48. The fourth-order valence-electron chi connectivity index (χ4n) is 3.98. The van der Waals surface area contributed by atoms with Crippen LogP contribution in [0.3, 0.4) is 0 Å². The van der Waals surface area contributed by atoms with Crippen LogP contribution in [0, 0.1) is 16.5 Å². The molecule has 0 bridgehead atoms. The molecule has 28 heavy (non-hydrogen) atoms. The monoisotopic (exact) mass is 405 g/mol. The summed E-state index contributed by atoms with van der Waals surface area (Å²) < 4.78 is 24.0. The first-order valence-corrected chi connectivity index (χ1v) is 10.4. The number of esters is 1. The lowest BCUT2D eigenvalue weighted by Gasteiger charge is -2.28. The van der Waals surface area contributed by atoms with Crippen LogP contribution in [-0.2, 0) is 16.2 Å². The number of hydrogen-bond donors (Lipinski definition) is 1. The predicted molar refractivity (Wildman–Crippen MR) is 105 cm³/mol. The van der Waals surface area contributed by atoms with Crippen LogP contribution in [0.15, 0.2) is 24.3 Å². The molecule has 2 aromatic rings. The minimum atomic E-state index is -0.288. The van der Waals surface area contributed by atoms with Gasteiger partial charge in [-0.15, -0.1) is 5.10 Å². The molecule has 4 rings (SSSR count). The first-order chi connectivity index (χ1) is 13.6. The molecule has 1 saturated heterocycles. The largest absolute Gasteiger partial charge is 0.466 e. The molecular formula is C20H26FN4O2S+. The first kappa shape index (κ1) is 19.3. The van der Waals surface area contributed by atoms with Crippen molar-refractivity contribution in [3.63, 3.8) is 0 Å². The van der Waals surface area contributed by atoms with Gasteiger partial charge < -0.3 is 9.64 Å². The van der Waals surface area contributed by atoms with Gasteiger partial charge in [0, 0.05) is 6.04 Å². The quantitative estimate of drug-likeness (QED) is 0.592. The van der Waals surface area contributed by atoms with Crippen LogP contribution in [0.5, 0.6) is 0 Å². The van der Waals surface area contributed by atoms with Crippen LogP contribution in [0.2, 0.25) is 0 Å². The van der Waals surface area contributed by atoms with E-state index in [1.807, 2.05) is 17.6 Å². The van der Waals surface area contributed by atoms with Crippen LogP contribution in [0.4, 0.5) is 4.39 Å². The molecule has 6 nitrogen and oxygen atoms in total. The van der Waals surface area contributed by atoms with Gasteiger partial charge in [-0.25, -0.2) is 4.39 Å². The molecule has 8 heteroatoms. The topological polar surface area (TPSA) is 53.5 Å². The van der Waals surface area contributed by atoms with Gasteiger partial charge in [-0.3, -0.25) is 9.36 Å². The number of quaternary nitrogens is 1. The van der Waals surface area contributed by atoms with E-state index in [0.29, 0.717) is 42.0 Å². The van der Waals surface area contributed by atoms with Gasteiger partial charge in [0.15, 0.2) is 12.5 Å². The maximum absolute atomic E-state index is 14.4. The van der Waals surface area contributed by atoms with Gasteiger partial charge in [0.25, 0.3) is 0 Å². The lowest BCUT2D eigenvalue weighted by molar-refractivity contribution is -0.930. The third-order valence-corrected chi connectivity index (χ3v) is 5.92. The van der Waals surface area contributed by atoms with E-state index < -0.39 is 0 Å². The van der Waals surface area contributed by atoms with Crippen molar-refractivity contribution >= 4 is 18.2 Å². The fourth-order valence-corrected chi connectivity index (χ4v) is 4.32. The summed E-state index contributed by atoms with van der Waals surface area (Å²) in [6.07, 6.45) is 3.92. The molecule has 2 aliphatic rings. The van der Waals surface area contributed by atoms with E-state index in [-0.39, 0.29) is 17.7 Å². The normalized spacial score (nSPS) is 22.2. The second-order valence-corrected chi connectivity index (χ2v) is 8.01. The number of piperidine rings is 1. The van der Waals surface area contributed by atoms with Crippen LogP contribution < -0.4 is 4.90 Å². The Kier molecular flexibility index (Phi) is 5.59. The molecule has 0 spiro atoms. The zero-order valence-corrected chi connectivity index (χ0v) is 16.9. The highest BCUT2D eigenvalue weighted by atomic mass is 32.1. The zero-order valence-electron chi connectivity index (χ0n) is 16.1. The number of aromatic nitrogens is 3. The number of benzene rings is 1. The SMILES string of the molecule is CCOC(=O)[C@@H]1CCC[NH+](Cn2nc(-c3ccccc3F)n(C3CC3)c2=S)C1. The molecular weight excluding hydrogens is 379 g/mol. The molecule has 2 atom stereocenters. The molecule has 0 radical (unpaired) electrons. The van der Waals surface area contributed by atoms with Crippen LogP contribution in [0.1, 0.15) is 38.6 Å². The molecule has 1 saturated carbocycles. The van der Waals surface area contributed by atoms with Crippen molar-refractivity contribution in [2.24, 2.45) is 5.92 Å². The molecule has 1 aromatic carbocycles. The van der Waals surface area contributed by atoms with Crippen molar-refractivity contribution in [3.8, 4) is 11.4 Å². The summed E-state index contributed by atoms with van der Waals surface area (Å²) in [4.78, 5) is 13.4. The van der Waals surface area contributed by atoms with Crippen molar-refractivity contribution < 1.29 is 18.8 Å². The molecule has 1 aliphatic heterocycles. The van der Waals surface area contributed by atoms with Crippen molar-refractivity contribution in [3.05, 3.63) is 34.9 Å². The Hall–Kier alpha value is -2.06. The summed E-state index contributed by atoms with van der Waals surface area (Å²) in [5.41, 5.74) is 0.484. The minimum absolute atomic E-state index is 0.0746. The molecule has 1 aliphatic carbocycles. The molecule has 2 fully saturated rings. The molecule has 0 amide bonds. The molecule has 1 aromatic heterocycles. The summed E-state index contributed by atoms with van der Waals surface area (Å²) in [6.45, 7) is 4.50. The Balaban J connectivity index is 1.59. The zero-order chi connectivity index (χ0) is 19.7. The Morgan fingerprint density at radius 1 is 1.36 bits per heavy atom. The number of carbonyl (C=O) groups is 1. The van der Waals surface area contributed by atoms with Gasteiger partial charge in [0.1, 0.15) is 11.7 Å². The van der Waals surface area contributed by atoms with Gasteiger partial charge >= 0.3 is 5.97 Å². The Morgan fingerprint density at radius 2 is 2.14 bits per heavy atom. The van der Waals surface area contributed by atoms with Crippen molar-refractivity contribution in [2.45, 2.75) is 45.3 Å².